The molecule has 0 fully saturated rings. The van der Waals surface area contributed by atoms with Crippen LogP contribution in [0.1, 0.15) is 11.6 Å². The topological polar surface area (TPSA) is 43.1 Å². The van der Waals surface area contributed by atoms with Crippen LogP contribution in [0.2, 0.25) is 0 Å². The first-order valence-corrected chi connectivity index (χ1v) is 5.37. The normalized spacial score (nSPS) is 13.0. The van der Waals surface area contributed by atoms with E-state index in [0.717, 1.165) is 15.6 Å². The second kappa shape index (κ2) is 3.69. The fourth-order valence-corrected chi connectivity index (χ4v) is 2.35. The molecule has 2 rings (SSSR count). The van der Waals surface area contributed by atoms with Gasteiger partial charge < -0.3 is 5.73 Å². The summed E-state index contributed by atoms with van der Waals surface area (Å²) in [5, 5.41) is 2.46. The third-order valence-electron chi connectivity index (χ3n) is 2.11. The zero-order valence-corrected chi connectivity index (χ0v) is 8.81. The van der Waals surface area contributed by atoms with Crippen molar-refractivity contribution in [1.29, 1.82) is 0 Å². The Morgan fingerprint density at radius 1 is 1.43 bits per heavy atom. The van der Waals surface area contributed by atoms with Crippen molar-refractivity contribution in [2.45, 2.75) is 6.04 Å². The van der Waals surface area contributed by atoms with Crippen molar-refractivity contribution in [2.24, 2.45) is 5.73 Å². The quantitative estimate of drug-likeness (QED) is 0.799. The molecular formula is C10H8ClNOS. The standard InChI is InChI=1S/C10H8ClNOS/c11-10(13)9(12)7-2-1-3-8-6(7)4-5-14-8/h1-5,9H,12H2. The third-order valence-corrected chi connectivity index (χ3v) is 3.23. The van der Waals surface area contributed by atoms with Gasteiger partial charge in [-0.05, 0) is 40.1 Å². The summed E-state index contributed by atoms with van der Waals surface area (Å²) in [4.78, 5) is 11.0. The van der Waals surface area contributed by atoms with Gasteiger partial charge in [-0.1, -0.05) is 12.1 Å². The predicted molar refractivity (Wildman–Crippen MR) is 59.6 cm³/mol. The number of rotatable bonds is 2. The Balaban J connectivity index is 2.61. The van der Waals surface area contributed by atoms with Crippen molar-refractivity contribution in [2.75, 3.05) is 0 Å². The number of hydrogen-bond donors (Lipinski definition) is 1. The van der Waals surface area contributed by atoms with E-state index in [-0.39, 0.29) is 0 Å². The fraction of sp³-hybridized carbons (Fsp3) is 0.100. The number of fused-ring (bicyclic) bond motifs is 1. The Labute approximate surface area is 90.3 Å². The maximum absolute atomic E-state index is 11.0. The molecule has 0 aliphatic carbocycles. The predicted octanol–water partition coefficient (Wildman–Crippen LogP) is 2.67. The van der Waals surface area contributed by atoms with E-state index in [1.807, 2.05) is 29.6 Å². The molecule has 1 unspecified atom stereocenters. The molecule has 2 aromatic rings. The SMILES string of the molecule is NC(C(=O)Cl)c1cccc2sccc12. The second-order valence-corrected chi connectivity index (χ2v) is 4.28. The minimum Gasteiger partial charge on any atom is -0.317 e. The summed E-state index contributed by atoms with van der Waals surface area (Å²) < 4.78 is 1.12. The van der Waals surface area contributed by atoms with Gasteiger partial charge in [0.25, 0.3) is 0 Å². The van der Waals surface area contributed by atoms with Crippen molar-refractivity contribution in [3.63, 3.8) is 0 Å². The largest absolute Gasteiger partial charge is 0.317 e. The van der Waals surface area contributed by atoms with Gasteiger partial charge in [0.15, 0.2) is 0 Å². The van der Waals surface area contributed by atoms with E-state index in [1.165, 1.54) is 0 Å². The summed E-state index contributed by atoms with van der Waals surface area (Å²) in [7, 11) is 0. The average molecular weight is 226 g/mol. The molecule has 1 aromatic carbocycles. The summed E-state index contributed by atoms with van der Waals surface area (Å²) in [6.45, 7) is 0. The van der Waals surface area contributed by atoms with Crippen LogP contribution < -0.4 is 5.73 Å². The highest BCUT2D eigenvalue weighted by Gasteiger charge is 2.15. The van der Waals surface area contributed by atoms with Gasteiger partial charge in [0.2, 0.25) is 5.24 Å². The lowest BCUT2D eigenvalue weighted by Gasteiger charge is -2.07. The molecule has 0 saturated heterocycles. The minimum atomic E-state index is -0.727. The monoisotopic (exact) mass is 225 g/mol. The summed E-state index contributed by atoms with van der Waals surface area (Å²) in [5.41, 5.74) is 6.48. The van der Waals surface area contributed by atoms with Gasteiger partial charge in [-0.15, -0.1) is 11.3 Å². The number of carbonyl (C=O) groups excluding carboxylic acids is 1. The summed E-state index contributed by atoms with van der Waals surface area (Å²) in [5.74, 6) is 0. The van der Waals surface area contributed by atoms with Crippen LogP contribution in [0.15, 0.2) is 29.6 Å². The molecule has 0 spiro atoms. The molecule has 1 heterocycles. The smallest absolute Gasteiger partial charge is 0.242 e. The molecule has 0 saturated carbocycles. The highest BCUT2D eigenvalue weighted by atomic mass is 35.5. The molecule has 0 bridgehead atoms. The number of nitrogens with two attached hydrogens (primary N) is 1. The Bertz CT molecular complexity index is 480. The second-order valence-electron chi connectivity index (χ2n) is 2.96. The summed E-state index contributed by atoms with van der Waals surface area (Å²) in [6, 6.07) is 6.94. The van der Waals surface area contributed by atoms with E-state index >= 15 is 0 Å². The number of thiophene rings is 1. The van der Waals surface area contributed by atoms with Gasteiger partial charge >= 0.3 is 0 Å². The van der Waals surface area contributed by atoms with Gasteiger partial charge in [-0.2, -0.15) is 0 Å². The molecule has 0 amide bonds. The van der Waals surface area contributed by atoms with E-state index < -0.39 is 11.3 Å². The number of hydrogen-bond acceptors (Lipinski definition) is 3. The van der Waals surface area contributed by atoms with Crippen LogP contribution in [0, 0.1) is 0 Å². The molecule has 72 valence electrons. The highest BCUT2D eigenvalue weighted by Crippen LogP contribution is 2.28. The van der Waals surface area contributed by atoms with Gasteiger partial charge in [-0.3, -0.25) is 4.79 Å². The average Bonchev–Trinajstić information content (AvgIpc) is 2.63. The van der Waals surface area contributed by atoms with E-state index in [1.54, 1.807) is 11.3 Å². The zero-order valence-electron chi connectivity index (χ0n) is 7.24. The van der Waals surface area contributed by atoms with Crippen molar-refractivity contribution in [1.82, 2.24) is 0 Å². The Kier molecular flexibility index (Phi) is 2.54. The molecule has 1 aromatic heterocycles. The molecule has 1 atom stereocenters. The first-order chi connectivity index (χ1) is 6.70. The van der Waals surface area contributed by atoms with Gasteiger partial charge in [0, 0.05) is 4.70 Å². The van der Waals surface area contributed by atoms with Gasteiger partial charge in [0.1, 0.15) is 6.04 Å². The third kappa shape index (κ3) is 1.54. The molecular weight excluding hydrogens is 218 g/mol. The van der Waals surface area contributed by atoms with Crippen molar-refractivity contribution >= 4 is 38.3 Å². The lowest BCUT2D eigenvalue weighted by molar-refractivity contribution is -0.112. The van der Waals surface area contributed by atoms with Crippen LogP contribution in [0.3, 0.4) is 0 Å². The fourth-order valence-electron chi connectivity index (χ4n) is 1.41. The van der Waals surface area contributed by atoms with Crippen LogP contribution in [-0.4, -0.2) is 5.24 Å². The van der Waals surface area contributed by atoms with E-state index in [9.17, 15) is 4.79 Å². The summed E-state index contributed by atoms with van der Waals surface area (Å²) >= 11 is 6.99. The Hall–Kier alpha value is -0.900. The van der Waals surface area contributed by atoms with Crippen molar-refractivity contribution in [3.8, 4) is 0 Å². The van der Waals surface area contributed by atoms with E-state index in [0.29, 0.717) is 0 Å². The number of halogens is 1. The Morgan fingerprint density at radius 3 is 2.93 bits per heavy atom. The zero-order chi connectivity index (χ0) is 10.1. The van der Waals surface area contributed by atoms with E-state index in [2.05, 4.69) is 0 Å². The summed E-state index contributed by atoms with van der Waals surface area (Å²) in [6.07, 6.45) is 0. The molecule has 14 heavy (non-hydrogen) atoms. The molecule has 0 aliphatic rings. The maximum atomic E-state index is 11.0. The molecule has 2 nitrogen and oxygen atoms in total. The molecule has 2 N–H and O–H groups in total. The van der Waals surface area contributed by atoms with Crippen LogP contribution in [0.4, 0.5) is 0 Å². The van der Waals surface area contributed by atoms with Crippen LogP contribution in [0.5, 0.6) is 0 Å². The van der Waals surface area contributed by atoms with Crippen LogP contribution >= 0.6 is 22.9 Å². The van der Waals surface area contributed by atoms with Gasteiger partial charge in [-0.25, -0.2) is 0 Å². The molecule has 0 aliphatic heterocycles. The van der Waals surface area contributed by atoms with Crippen molar-refractivity contribution < 1.29 is 4.79 Å². The van der Waals surface area contributed by atoms with Crippen molar-refractivity contribution in [3.05, 3.63) is 35.2 Å². The number of carbonyl (C=O) groups is 1. The maximum Gasteiger partial charge on any atom is 0.242 e. The minimum absolute atomic E-state index is 0.524. The van der Waals surface area contributed by atoms with Gasteiger partial charge in [0.05, 0.1) is 0 Å². The number of benzene rings is 1. The van der Waals surface area contributed by atoms with Crippen LogP contribution in [0.25, 0.3) is 10.1 Å². The lowest BCUT2D eigenvalue weighted by atomic mass is 10.0. The Morgan fingerprint density at radius 2 is 2.21 bits per heavy atom. The van der Waals surface area contributed by atoms with E-state index in [4.69, 9.17) is 17.3 Å². The van der Waals surface area contributed by atoms with Crippen LogP contribution in [-0.2, 0) is 4.79 Å². The molecule has 4 heteroatoms. The first kappa shape index (κ1) is 9.65. The molecule has 0 radical (unpaired) electrons. The highest BCUT2D eigenvalue weighted by molar-refractivity contribution is 7.17. The lowest BCUT2D eigenvalue weighted by Crippen LogP contribution is -2.16. The first-order valence-electron chi connectivity index (χ1n) is 4.11.